The van der Waals surface area contributed by atoms with E-state index >= 15 is 0 Å². The van der Waals surface area contributed by atoms with Gasteiger partial charge in [0.25, 0.3) is 0 Å². The summed E-state index contributed by atoms with van der Waals surface area (Å²) in [5.74, 6) is -0.143. The Morgan fingerprint density at radius 3 is 2.50 bits per heavy atom. The third kappa shape index (κ3) is 4.25. The van der Waals surface area contributed by atoms with Crippen LogP contribution in [0.1, 0.15) is 10.4 Å². The number of nitrogens with zero attached hydrogens (tertiary/aromatic N) is 3. The van der Waals surface area contributed by atoms with Crippen molar-refractivity contribution in [2.75, 3.05) is 0 Å². The van der Waals surface area contributed by atoms with E-state index in [1.54, 1.807) is 12.1 Å². The lowest BCUT2D eigenvalue weighted by Gasteiger charge is -2.00. The topological polar surface area (TPSA) is 120 Å². The third-order valence-corrected chi connectivity index (χ3v) is 3.55. The van der Waals surface area contributed by atoms with Crippen LogP contribution in [0.25, 0.3) is 11.6 Å². The van der Waals surface area contributed by atoms with Crippen molar-refractivity contribution < 1.29 is 4.92 Å². The lowest BCUT2D eigenvalue weighted by molar-refractivity contribution is -0.380. The van der Waals surface area contributed by atoms with Gasteiger partial charge in [-0.25, -0.2) is 0 Å². The van der Waals surface area contributed by atoms with Crippen LogP contribution in [-0.2, 0) is 0 Å². The molecule has 0 amide bonds. The van der Waals surface area contributed by atoms with E-state index in [1.165, 1.54) is 12.3 Å². The second-order valence-electron chi connectivity index (χ2n) is 4.17. The Balaban J connectivity index is 2.38. The van der Waals surface area contributed by atoms with E-state index in [2.05, 4.69) is 10.2 Å². The van der Waals surface area contributed by atoms with Crippen molar-refractivity contribution in [1.82, 2.24) is 0 Å². The first-order valence-electron chi connectivity index (χ1n) is 6.19. The number of rotatable bonds is 5. The van der Waals surface area contributed by atoms with Gasteiger partial charge in [0.1, 0.15) is 0 Å². The maximum Gasteiger partial charge on any atom is 0.324 e. The largest absolute Gasteiger partial charge is 0.369 e. The van der Waals surface area contributed by atoms with Gasteiger partial charge in [-0.05, 0) is 17.7 Å². The molecule has 22 heavy (non-hydrogen) atoms. The van der Waals surface area contributed by atoms with Gasteiger partial charge in [-0.15, -0.1) is 5.10 Å². The van der Waals surface area contributed by atoms with Gasteiger partial charge in [-0.3, -0.25) is 10.1 Å². The zero-order valence-corrected chi connectivity index (χ0v) is 12.2. The first kappa shape index (κ1) is 15.4. The normalized spacial score (nSPS) is 11.5. The minimum Gasteiger partial charge on any atom is -0.369 e. The molecule has 1 heterocycles. The molecule has 112 valence electrons. The Morgan fingerprint density at radius 2 is 1.91 bits per heavy atom. The molecule has 7 nitrogen and oxygen atoms in total. The van der Waals surface area contributed by atoms with Crippen molar-refractivity contribution in [2.24, 2.45) is 21.7 Å². The van der Waals surface area contributed by atoms with E-state index in [1.807, 2.05) is 30.3 Å². The average Bonchev–Trinajstić information content (AvgIpc) is 2.96. The maximum atomic E-state index is 10.7. The molecule has 0 radical (unpaired) electrons. The number of nitro groups is 1. The van der Waals surface area contributed by atoms with Crippen LogP contribution in [-0.4, -0.2) is 17.1 Å². The Hall–Kier alpha value is -3.00. The molecule has 0 fully saturated rings. The summed E-state index contributed by atoms with van der Waals surface area (Å²) in [7, 11) is 0. The molecule has 1 aromatic carbocycles. The number of benzene rings is 1. The molecule has 0 saturated carbocycles. The molecule has 8 heteroatoms. The Bertz CT molecular complexity index is 746. The average molecular weight is 315 g/mol. The predicted octanol–water partition coefficient (Wildman–Crippen LogP) is 2.46. The fourth-order valence-corrected chi connectivity index (χ4v) is 2.43. The van der Waals surface area contributed by atoms with Crippen LogP contribution in [0, 0.1) is 10.1 Å². The van der Waals surface area contributed by atoms with E-state index in [9.17, 15) is 10.1 Å². The second-order valence-corrected chi connectivity index (χ2v) is 5.26. The summed E-state index contributed by atoms with van der Waals surface area (Å²) in [6.45, 7) is 0. The van der Waals surface area contributed by atoms with E-state index < -0.39 is 4.92 Å². The molecule has 0 bridgehead atoms. The zero-order chi connectivity index (χ0) is 15.9. The van der Waals surface area contributed by atoms with E-state index in [-0.39, 0.29) is 11.0 Å². The van der Waals surface area contributed by atoms with E-state index in [0.29, 0.717) is 0 Å². The Kier molecular flexibility index (Phi) is 4.99. The van der Waals surface area contributed by atoms with Gasteiger partial charge in [-0.2, -0.15) is 5.10 Å². The number of hydrogen-bond acceptors (Lipinski definition) is 5. The Labute approximate surface area is 130 Å². The van der Waals surface area contributed by atoms with Crippen molar-refractivity contribution >= 4 is 40.2 Å². The van der Waals surface area contributed by atoms with Gasteiger partial charge >= 0.3 is 5.00 Å². The highest BCUT2D eigenvalue weighted by Gasteiger charge is 2.09. The highest BCUT2D eigenvalue weighted by molar-refractivity contribution is 7.16. The van der Waals surface area contributed by atoms with Crippen molar-refractivity contribution in [3.63, 3.8) is 0 Å². The predicted molar refractivity (Wildman–Crippen MR) is 89.6 cm³/mol. The molecule has 2 rings (SSSR count). The quantitative estimate of drug-likeness (QED) is 0.381. The second kappa shape index (κ2) is 7.14. The monoisotopic (exact) mass is 315 g/mol. The number of thiophene rings is 1. The molecular weight excluding hydrogens is 302 g/mol. The molecule has 0 spiro atoms. The SMILES string of the molecule is NC(N)=NN=CC(=Cc1ccc([N+](=O)[O-])s1)c1ccccc1. The standard InChI is InChI=1S/C14H13N5O2S/c15-14(16)18-17-9-11(10-4-2-1-3-5-10)8-12-6-7-13(22-12)19(20)21/h1-9H,(H4,15,16,18). The molecule has 0 unspecified atom stereocenters. The lowest BCUT2D eigenvalue weighted by Crippen LogP contribution is -2.21. The van der Waals surface area contributed by atoms with Crippen LogP contribution < -0.4 is 11.5 Å². The van der Waals surface area contributed by atoms with Crippen LogP contribution in [0.2, 0.25) is 0 Å². The van der Waals surface area contributed by atoms with Crippen molar-refractivity contribution in [1.29, 1.82) is 0 Å². The summed E-state index contributed by atoms with van der Waals surface area (Å²) in [5.41, 5.74) is 12.1. The van der Waals surface area contributed by atoms with E-state index in [4.69, 9.17) is 11.5 Å². The number of nitrogens with two attached hydrogens (primary N) is 2. The minimum absolute atomic E-state index is 0.0832. The number of allylic oxidation sites excluding steroid dienone is 1. The summed E-state index contributed by atoms with van der Waals surface area (Å²) >= 11 is 1.08. The zero-order valence-electron chi connectivity index (χ0n) is 11.4. The van der Waals surface area contributed by atoms with Gasteiger partial charge in [-0.1, -0.05) is 41.7 Å². The molecule has 1 aromatic heterocycles. The Morgan fingerprint density at radius 1 is 1.18 bits per heavy atom. The van der Waals surface area contributed by atoms with Crippen molar-refractivity contribution in [3.8, 4) is 0 Å². The van der Waals surface area contributed by atoms with Crippen molar-refractivity contribution in [2.45, 2.75) is 0 Å². The maximum absolute atomic E-state index is 10.7. The first-order chi connectivity index (χ1) is 10.6. The number of hydrogen-bond donors (Lipinski definition) is 2. The molecular formula is C14H13N5O2S. The molecule has 0 atom stereocenters. The van der Waals surface area contributed by atoms with Gasteiger partial charge in [0.05, 0.1) is 11.1 Å². The summed E-state index contributed by atoms with van der Waals surface area (Å²) in [6, 6.07) is 12.6. The van der Waals surface area contributed by atoms with Crippen molar-refractivity contribution in [3.05, 3.63) is 63.0 Å². The smallest absolute Gasteiger partial charge is 0.324 e. The van der Waals surface area contributed by atoms with Crippen LogP contribution >= 0.6 is 11.3 Å². The van der Waals surface area contributed by atoms with Gasteiger partial charge in [0, 0.05) is 16.5 Å². The highest BCUT2D eigenvalue weighted by Crippen LogP contribution is 2.27. The first-order valence-corrected chi connectivity index (χ1v) is 7.01. The lowest BCUT2D eigenvalue weighted by atomic mass is 10.1. The molecule has 0 saturated heterocycles. The van der Waals surface area contributed by atoms with Crippen LogP contribution in [0.4, 0.5) is 5.00 Å². The third-order valence-electron chi connectivity index (χ3n) is 2.57. The fourth-order valence-electron chi connectivity index (χ4n) is 1.65. The van der Waals surface area contributed by atoms with Gasteiger partial charge in [0.15, 0.2) is 0 Å². The molecule has 4 N–H and O–H groups in total. The van der Waals surface area contributed by atoms with Crippen LogP contribution in [0.5, 0.6) is 0 Å². The summed E-state index contributed by atoms with van der Waals surface area (Å²) in [4.78, 5) is 11.1. The number of guanidine groups is 1. The molecule has 0 aliphatic rings. The van der Waals surface area contributed by atoms with Crippen LogP contribution in [0.15, 0.2) is 52.7 Å². The fraction of sp³-hybridized carbons (Fsp3) is 0. The molecule has 0 aliphatic heterocycles. The summed E-state index contributed by atoms with van der Waals surface area (Å²) < 4.78 is 0. The molecule has 0 aliphatic carbocycles. The molecule has 2 aromatic rings. The summed E-state index contributed by atoms with van der Waals surface area (Å²) in [6.07, 6.45) is 3.29. The van der Waals surface area contributed by atoms with Gasteiger partial charge < -0.3 is 11.5 Å². The minimum atomic E-state index is -0.419. The highest BCUT2D eigenvalue weighted by atomic mass is 32.1. The van der Waals surface area contributed by atoms with Gasteiger partial charge in [0.2, 0.25) is 5.96 Å². The van der Waals surface area contributed by atoms with E-state index in [0.717, 1.165) is 27.4 Å². The van der Waals surface area contributed by atoms with Crippen LogP contribution in [0.3, 0.4) is 0 Å². The summed E-state index contributed by atoms with van der Waals surface area (Å²) in [5, 5.41) is 18.2.